The normalized spacial score (nSPS) is 18.6. The second kappa shape index (κ2) is 5.73. The van der Waals surface area contributed by atoms with Crippen LogP contribution in [0.1, 0.15) is 18.4 Å². The first-order valence-corrected chi connectivity index (χ1v) is 6.32. The van der Waals surface area contributed by atoms with E-state index in [9.17, 15) is 9.59 Å². The lowest BCUT2D eigenvalue weighted by atomic mass is 9.98. The highest BCUT2D eigenvalue weighted by molar-refractivity contribution is 5.95. The monoisotopic (exact) mass is 262 g/mol. The minimum Gasteiger partial charge on any atom is -0.495 e. The van der Waals surface area contributed by atoms with Crippen LogP contribution < -0.4 is 15.4 Å². The zero-order valence-corrected chi connectivity index (χ0v) is 11.2. The van der Waals surface area contributed by atoms with Gasteiger partial charge in [-0.15, -0.1) is 0 Å². The van der Waals surface area contributed by atoms with Crippen molar-refractivity contribution in [1.82, 2.24) is 5.32 Å². The van der Waals surface area contributed by atoms with Crippen molar-refractivity contribution in [1.29, 1.82) is 0 Å². The fourth-order valence-electron chi connectivity index (χ4n) is 2.11. The summed E-state index contributed by atoms with van der Waals surface area (Å²) in [5.74, 6) is 0.391. The lowest BCUT2D eigenvalue weighted by Gasteiger charge is -2.22. The number of hydrogen-bond acceptors (Lipinski definition) is 3. The SMILES string of the molecule is COc1ccc(C)cc1NC(=O)C1CCC(=O)NC1. The second-order valence-corrected chi connectivity index (χ2v) is 4.73. The third kappa shape index (κ3) is 3.24. The van der Waals surface area contributed by atoms with E-state index in [1.807, 2.05) is 25.1 Å². The molecule has 5 nitrogen and oxygen atoms in total. The molecule has 1 unspecified atom stereocenters. The zero-order chi connectivity index (χ0) is 13.8. The number of benzene rings is 1. The van der Waals surface area contributed by atoms with Crippen molar-refractivity contribution < 1.29 is 14.3 Å². The number of hydrogen-bond donors (Lipinski definition) is 2. The van der Waals surface area contributed by atoms with Crippen LogP contribution in [0.2, 0.25) is 0 Å². The van der Waals surface area contributed by atoms with Gasteiger partial charge in [0.05, 0.1) is 18.7 Å². The minimum atomic E-state index is -0.178. The first-order valence-electron chi connectivity index (χ1n) is 6.32. The van der Waals surface area contributed by atoms with Crippen LogP contribution in [0.25, 0.3) is 0 Å². The fourth-order valence-corrected chi connectivity index (χ4v) is 2.11. The van der Waals surface area contributed by atoms with Crippen molar-refractivity contribution in [3.63, 3.8) is 0 Å². The van der Waals surface area contributed by atoms with Gasteiger partial charge in [-0.25, -0.2) is 0 Å². The first-order chi connectivity index (χ1) is 9.10. The van der Waals surface area contributed by atoms with E-state index >= 15 is 0 Å². The van der Waals surface area contributed by atoms with Crippen LogP contribution in [0.15, 0.2) is 18.2 Å². The van der Waals surface area contributed by atoms with Crippen LogP contribution in [0.4, 0.5) is 5.69 Å². The third-order valence-corrected chi connectivity index (χ3v) is 3.25. The number of carbonyl (C=O) groups excluding carboxylic acids is 2. The van der Waals surface area contributed by atoms with Crippen LogP contribution >= 0.6 is 0 Å². The molecule has 2 rings (SSSR count). The zero-order valence-electron chi connectivity index (χ0n) is 11.2. The van der Waals surface area contributed by atoms with E-state index in [-0.39, 0.29) is 17.7 Å². The Morgan fingerprint density at radius 3 is 2.89 bits per heavy atom. The molecule has 19 heavy (non-hydrogen) atoms. The summed E-state index contributed by atoms with van der Waals surface area (Å²) in [5, 5.41) is 5.58. The summed E-state index contributed by atoms with van der Waals surface area (Å²) in [6.07, 6.45) is 0.995. The molecule has 1 atom stereocenters. The van der Waals surface area contributed by atoms with Crippen molar-refractivity contribution >= 4 is 17.5 Å². The summed E-state index contributed by atoms with van der Waals surface area (Å²) in [4.78, 5) is 23.2. The Bertz CT molecular complexity index is 489. The van der Waals surface area contributed by atoms with Gasteiger partial charge in [0.1, 0.15) is 5.75 Å². The highest BCUT2D eigenvalue weighted by Crippen LogP contribution is 2.26. The van der Waals surface area contributed by atoms with Crippen molar-refractivity contribution in [3.05, 3.63) is 23.8 Å². The largest absolute Gasteiger partial charge is 0.495 e. The topological polar surface area (TPSA) is 67.4 Å². The number of aryl methyl sites for hydroxylation is 1. The van der Waals surface area contributed by atoms with E-state index in [2.05, 4.69) is 10.6 Å². The maximum Gasteiger partial charge on any atom is 0.229 e. The van der Waals surface area contributed by atoms with Gasteiger partial charge in [-0.2, -0.15) is 0 Å². The maximum absolute atomic E-state index is 12.1. The van der Waals surface area contributed by atoms with E-state index in [0.717, 1.165) is 5.56 Å². The van der Waals surface area contributed by atoms with Gasteiger partial charge in [0.15, 0.2) is 0 Å². The third-order valence-electron chi connectivity index (χ3n) is 3.25. The van der Waals surface area contributed by atoms with Crippen molar-refractivity contribution in [2.75, 3.05) is 19.0 Å². The average Bonchev–Trinajstić information content (AvgIpc) is 2.39. The van der Waals surface area contributed by atoms with Crippen LogP contribution in [0.3, 0.4) is 0 Å². The Morgan fingerprint density at radius 1 is 1.47 bits per heavy atom. The minimum absolute atomic E-state index is 0.0113. The molecule has 0 saturated carbocycles. The molecule has 1 aliphatic heterocycles. The Hall–Kier alpha value is -2.04. The molecule has 0 spiro atoms. The Morgan fingerprint density at radius 2 is 2.26 bits per heavy atom. The van der Waals surface area contributed by atoms with Crippen molar-refractivity contribution in [3.8, 4) is 5.75 Å². The number of ether oxygens (including phenoxy) is 1. The molecule has 0 radical (unpaired) electrons. The molecule has 2 amide bonds. The van der Waals surface area contributed by atoms with E-state index in [4.69, 9.17) is 4.74 Å². The van der Waals surface area contributed by atoms with Gasteiger partial charge < -0.3 is 15.4 Å². The molecular formula is C14H18N2O3. The molecule has 1 fully saturated rings. The Balaban J connectivity index is 2.06. The molecule has 0 aliphatic carbocycles. The van der Waals surface area contributed by atoms with Crippen LogP contribution in [-0.2, 0) is 9.59 Å². The number of rotatable bonds is 3. The lowest BCUT2D eigenvalue weighted by molar-refractivity contribution is -0.126. The first kappa shape index (κ1) is 13.4. The maximum atomic E-state index is 12.1. The van der Waals surface area contributed by atoms with Gasteiger partial charge >= 0.3 is 0 Å². The van der Waals surface area contributed by atoms with E-state index < -0.39 is 0 Å². The Kier molecular flexibility index (Phi) is 4.04. The number of piperidine rings is 1. The predicted octanol–water partition coefficient (Wildman–Crippen LogP) is 1.47. The van der Waals surface area contributed by atoms with Gasteiger partial charge in [0.25, 0.3) is 0 Å². The molecule has 2 N–H and O–H groups in total. The van der Waals surface area contributed by atoms with Crippen molar-refractivity contribution in [2.24, 2.45) is 5.92 Å². The lowest BCUT2D eigenvalue weighted by Crippen LogP contribution is -2.40. The molecule has 1 aromatic carbocycles. The summed E-state index contributed by atoms with van der Waals surface area (Å²) in [6.45, 7) is 2.36. The molecule has 5 heteroatoms. The van der Waals surface area contributed by atoms with Gasteiger partial charge in [-0.3, -0.25) is 9.59 Å². The van der Waals surface area contributed by atoms with Gasteiger partial charge in [-0.05, 0) is 31.0 Å². The summed E-state index contributed by atoms with van der Waals surface area (Å²) in [6, 6.07) is 5.63. The quantitative estimate of drug-likeness (QED) is 0.866. The number of amides is 2. The molecule has 102 valence electrons. The smallest absolute Gasteiger partial charge is 0.229 e. The second-order valence-electron chi connectivity index (χ2n) is 4.73. The molecule has 1 aliphatic rings. The van der Waals surface area contributed by atoms with Crippen LogP contribution in [-0.4, -0.2) is 25.5 Å². The van der Waals surface area contributed by atoms with Gasteiger partial charge in [0.2, 0.25) is 11.8 Å². The molecule has 0 bridgehead atoms. The number of carbonyl (C=O) groups is 2. The average molecular weight is 262 g/mol. The fraction of sp³-hybridized carbons (Fsp3) is 0.429. The highest BCUT2D eigenvalue weighted by atomic mass is 16.5. The molecule has 1 aromatic rings. The molecule has 0 aromatic heterocycles. The summed E-state index contributed by atoms with van der Waals surface area (Å²) < 4.78 is 5.22. The Labute approximate surface area is 112 Å². The molecule has 1 saturated heterocycles. The van der Waals surface area contributed by atoms with Crippen LogP contribution in [0.5, 0.6) is 5.75 Å². The van der Waals surface area contributed by atoms with Gasteiger partial charge in [-0.1, -0.05) is 6.07 Å². The summed E-state index contributed by atoms with van der Waals surface area (Å²) >= 11 is 0. The predicted molar refractivity (Wildman–Crippen MR) is 72.1 cm³/mol. The van der Waals surface area contributed by atoms with E-state index in [0.29, 0.717) is 30.8 Å². The standard InChI is InChI=1S/C14H18N2O3/c1-9-3-5-12(19-2)11(7-9)16-14(18)10-4-6-13(17)15-8-10/h3,5,7,10H,4,6,8H2,1-2H3,(H,15,17)(H,16,18). The van der Waals surface area contributed by atoms with Crippen LogP contribution in [0, 0.1) is 12.8 Å². The number of anilines is 1. The summed E-state index contributed by atoms with van der Waals surface area (Å²) in [5.41, 5.74) is 1.72. The van der Waals surface area contributed by atoms with Crippen molar-refractivity contribution in [2.45, 2.75) is 19.8 Å². The highest BCUT2D eigenvalue weighted by Gasteiger charge is 2.25. The van der Waals surface area contributed by atoms with Gasteiger partial charge in [0, 0.05) is 13.0 Å². The molecule has 1 heterocycles. The van der Waals surface area contributed by atoms with E-state index in [1.165, 1.54) is 0 Å². The molecular weight excluding hydrogens is 244 g/mol. The summed E-state index contributed by atoms with van der Waals surface area (Å²) in [7, 11) is 1.57. The number of methoxy groups -OCH3 is 1. The number of nitrogens with one attached hydrogen (secondary N) is 2. The van der Waals surface area contributed by atoms with E-state index in [1.54, 1.807) is 7.11 Å².